The van der Waals surface area contributed by atoms with Crippen molar-refractivity contribution in [1.82, 2.24) is 20.1 Å². The summed E-state index contributed by atoms with van der Waals surface area (Å²) in [6.07, 6.45) is 5.63. The van der Waals surface area contributed by atoms with Crippen molar-refractivity contribution < 1.29 is 14.3 Å². The summed E-state index contributed by atoms with van der Waals surface area (Å²) in [6.45, 7) is 4.36. The van der Waals surface area contributed by atoms with E-state index in [-0.39, 0.29) is 18.0 Å². The molecule has 2 saturated heterocycles. The lowest BCUT2D eigenvalue weighted by Gasteiger charge is -2.27. The Kier molecular flexibility index (Phi) is 6.16. The number of carbonyl (C=O) groups is 2. The van der Waals surface area contributed by atoms with Crippen molar-refractivity contribution in [2.45, 2.75) is 44.9 Å². The molecule has 2 aromatic rings. The highest BCUT2D eigenvalue weighted by molar-refractivity contribution is 5.88. The molecule has 1 aromatic heterocycles. The van der Waals surface area contributed by atoms with Gasteiger partial charge in [0.05, 0.1) is 12.7 Å². The van der Waals surface area contributed by atoms with Crippen LogP contribution < -0.4 is 10.1 Å². The lowest BCUT2D eigenvalue weighted by Crippen LogP contribution is -2.50. The first-order valence-corrected chi connectivity index (χ1v) is 10.6. The maximum absolute atomic E-state index is 13.1. The van der Waals surface area contributed by atoms with Crippen molar-refractivity contribution in [1.29, 1.82) is 0 Å². The lowest BCUT2D eigenvalue weighted by molar-refractivity contribution is -0.134. The predicted molar refractivity (Wildman–Crippen MR) is 113 cm³/mol. The summed E-state index contributed by atoms with van der Waals surface area (Å²) in [4.78, 5) is 33.7. The molecule has 7 nitrogen and oxygen atoms in total. The van der Waals surface area contributed by atoms with Crippen LogP contribution in [-0.2, 0) is 11.3 Å². The number of likely N-dealkylation sites (tertiary alicyclic amines) is 2. The quantitative estimate of drug-likeness (QED) is 0.826. The summed E-state index contributed by atoms with van der Waals surface area (Å²) in [5, 5.41) is 2.97. The third-order valence-electron chi connectivity index (χ3n) is 5.73. The first-order chi connectivity index (χ1) is 14.6. The number of carbonyl (C=O) groups excluding carboxylic acids is 2. The second-order valence-electron chi connectivity index (χ2n) is 8.01. The summed E-state index contributed by atoms with van der Waals surface area (Å²) in [5.41, 5.74) is 2.20. The van der Waals surface area contributed by atoms with Crippen LogP contribution >= 0.6 is 0 Å². The third-order valence-corrected chi connectivity index (χ3v) is 5.73. The number of nitrogens with zero attached hydrogens (tertiary/aromatic N) is 3. The summed E-state index contributed by atoms with van der Waals surface area (Å²) in [7, 11) is 0. The average Bonchev–Trinajstić information content (AvgIpc) is 3.44. The number of aryl methyl sites for hydroxylation is 1. The van der Waals surface area contributed by atoms with Gasteiger partial charge in [-0.05, 0) is 37.5 Å². The first-order valence-electron chi connectivity index (χ1n) is 10.6. The Morgan fingerprint density at radius 3 is 2.63 bits per heavy atom. The zero-order valence-corrected chi connectivity index (χ0v) is 17.3. The number of nitrogens with one attached hydrogen (secondary N) is 1. The smallest absolute Gasteiger partial charge is 0.318 e. The van der Waals surface area contributed by atoms with E-state index in [0.29, 0.717) is 25.3 Å². The minimum absolute atomic E-state index is 0.0234. The Hall–Kier alpha value is -3.09. The normalized spacial score (nSPS) is 21.0. The molecule has 0 bridgehead atoms. The molecule has 0 unspecified atom stereocenters. The molecule has 3 amide bonds. The number of urea groups is 1. The van der Waals surface area contributed by atoms with Gasteiger partial charge in [-0.25, -0.2) is 4.79 Å². The molecule has 30 heavy (non-hydrogen) atoms. The van der Waals surface area contributed by atoms with E-state index in [1.807, 2.05) is 48.2 Å². The van der Waals surface area contributed by atoms with Crippen molar-refractivity contribution in [2.24, 2.45) is 0 Å². The number of benzene rings is 1. The zero-order valence-electron chi connectivity index (χ0n) is 17.3. The van der Waals surface area contributed by atoms with Crippen molar-refractivity contribution >= 4 is 11.9 Å². The SMILES string of the molecule is Cc1ccc(CNC(=O)N2C[C@@H](Oc3cccnc3)C[C@H]2C(=O)N2CCCC2)cc1. The molecule has 3 heterocycles. The Bertz CT molecular complexity index is 866. The molecule has 2 fully saturated rings. The number of pyridine rings is 1. The van der Waals surface area contributed by atoms with Gasteiger partial charge in [-0.1, -0.05) is 29.8 Å². The molecule has 0 spiro atoms. The van der Waals surface area contributed by atoms with Crippen LogP contribution in [0.15, 0.2) is 48.8 Å². The van der Waals surface area contributed by atoms with Gasteiger partial charge in [0.25, 0.3) is 0 Å². The van der Waals surface area contributed by atoms with Crippen LogP contribution in [0.2, 0.25) is 0 Å². The van der Waals surface area contributed by atoms with Crippen LogP contribution in [-0.4, -0.2) is 58.5 Å². The minimum Gasteiger partial charge on any atom is -0.487 e. The maximum Gasteiger partial charge on any atom is 0.318 e. The van der Waals surface area contributed by atoms with Crippen molar-refractivity contribution in [3.8, 4) is 5.75 Å². The first kappa shape index (κ1) is 20.2. The molecule has 2 atom stereocenters. The zero-order chi connectivity index (χ0) is 20.9. The molecule has 1 N–H and O–H groups in total. The van der Waals surface area contributed by atoms with Crippen LogP contribution in [0.4, 0.5) is 4.79 Å². The second kappa shape index (κ2) is 9.15. The van der Waals surface area contributed by atoms with E-state index in [1.54, 1.807) is 17.3 Å². The van der Waals surface area contributed by atoms with Gasteiger partial charge in [0.15, 0.2) is 0 Å². The Labute approximate surface area is 177 Å². The topological polar surface area (TPSA) is 74.8 Å². The number of amides is 3. The van der Waals surface area contributed by atoms with Gasteiger partial charge in [0.1, 0.15) is 17.9 Å². The standard InChI is InChI=1S/C23H28N4O3/c1-17-6-8-18(9-7-17)14-25-23(29)27-16-20(30-19-5-4-10-24-15-19)13-21(27)22(28)26-11-2-3-12-26/h4-10,15,20-21H,2-3,11-14,16H2,1H3,(H,25,29)/t20-,21-/m0/s1. The van der Waals surface area contributed by atoms with Gasteiger partial charge >= 0.3 is 6.03 Å². The van der Waals surface area contributed by atoms with Crippen molar-refractivity contribution in [3.63, 3.8) is 0 Å². The summed E-state index contributed by atoms with van der Waals surface area (Å²) < 4.78 is 6.02. The monoisotopic (exact) mass is 408 g/mol. The highest BCUT2D eigenvalue weighted by Crippen LogP contribution is 2.25. The van der Waals surface area contributed by atoms with Crippen molar-refractivity contribution in [2.75, 3.05) is 19.6 Å². The van der Waals surface area contributed by atoms with Crippen LogP contribution in [0.25, 0.3) is 0 Å². The third kappa shape index (κ3) is 4.72. The van der Waals surface area contributed by atoms with Gasteiger partial charge < -0.3 is 19.9 Å². The molecule has 0 radical (unpaired) electrons. The predicted octanol–water partition coefficient (Wildman–Crippen LogP) is 2.74. The molecule has 2 aliphatic rings. The summed E-state index contributed by atoms with van der Waals surface area (Å²) in [6, 6.07) is 11.0. The fourth-order valence-corrected chi connectivity index (χ4v) is 4.08. The number of ether oxygens (including phenoxy) is 1. The fraction of sp³-hybridized carbons (Fsp3) is 0.435. The van der Waals surface area contributed by atoms with Crippen LogP contribution in [0.1, 0.15) is 30.4 Å². The molecule has 158 valence electrons. The Morgan fingerprint density at radius 1 is 1.17 bits per heavy atom. The van der Waals surface area contributed by atoms with Gasteiger partial charge in [-0.2, -0.15) is 0 Å². The highest BCUT2D eigenvalue weighted by atomic mass is 16.5. The van der Waals surface area contributed by atoms with Crippen molar-refractivity contribution in [3.05, 3.63) is 59.9 Å². The molecular weight excluding hydrogens is 380 g/mol. The molecule has 0 aliphatic carbocycles. The Morgan fingerprint density at radius 2 is 1.93 bits per heavy atom. The van der Waals surface area contributed by atoms with E-state index in [9.17, 15) is 9.59 Å². The van der Waals surface area contributed by atoms with Gasteiger partial charge in [0.2, 0.25) is 5.91 Å². The lowest BCUT2D eigenvalue weighted by atomic mass is 10.1. The number of aromatic nitrogens is 1. The van der Waals surface area contributed by atoms with E-state index >= 15 is 0 Å². The van der Waals surface area contributed by atoms with E-state index in [4.69, 9.17) is 4.74 Å². The molecular formula is C23H28N4O3. The van der Waals surface area contributed by atoms with E-state index in [2.05, 4.69) is 10.3 Å². The molecule has 4 rings (SSSR count). The number of rotatable bonds is 5. The van der Waals surface area contributed by atoms with E-state index in [0.717, 1.165) is 31.5 Å². The van der Waals surface area contributed by atoms with Gasteiger partial charge in [-0.3, -0.25) is 9.78 Å². The fourth-order valence-electron chi connectivity index (χ4n) is 4.08. The van der Waals surface area contributed by atoms with E-state index < -0.39 is 6.04 Å². The van der Waals surface area contributed by atoms with Crippen LogP contribution in [0, 0.1) is 6.92 Å². The number of hydrogen-bond donors (Lipinski definition) is 1. The molecule has 1 aromatic carbocycles. The van der Waals surface area contributed by atoms with Crippen LogP contribution in [0.5, 0.6) is 5.75 Å². The largest absolute Gasteiger partial charge is 0.487 e. The summed E-state index contributed by atoms with van der Waals surface area (Å²) >= 11 is 0. The second-order valence-corrected chi connectivity index (χ2v) is 8.01. The van der Waals surface area contributed by atoms with Gasteiger partial charge in [0, 0.05) is 32.3 Å². The van der Waals surface area contributed by atoms with E-state index in [1.165, 1.54) is 5.56 Å². The summed E-state index contributed by atoms with van der Waals surface area (Å²) in [5.74, 6) is 0.673. The molecule has 0 saturated carbocycles. The highest BCUT2D eigenvalue weighted by Gasteiger charge is 2.42. The molecule has 7 heteroatoms. The van der Waals surface area contributed by atoms with Crippen LogP contribution in [0.3, 0.4) is 0 Å². The number of hydrogen-bond acceptors (Lipinski definition) is 4. The van der Waals surface area contributed by atoms with Gasteiger partial charge in [-0.15, -0.1) is 0 Å². The maximum atomic E-state index is 13.1. The average molecular weight is 409 g/mol. The Balaban J connectivity index is 1.44. The molecule has 2 aliphatic heterocycles. The minimum atomic E-state index is -0.497.